The third-order valence-corrected chi connectivity index (χ3v) is 2.50. The molecule has 0 aromatic heterocycles. The predicted octanol–water partition coefficient (Wildman–Crippen LogP) is 1.45. The molecule has 2 N–H and O–H groups in total. The number of hydrogen-bond donors (Lipinski definition) is 1. The number of nitrogens with two attached hydrogens (primary N) is 1. The smallest absolute Gasteiger partial charge is 0.246 e. The molecular formula is C9H18F2N2. The quantitative estimate of drug-likeness (QED) is 0.733. The van der Waals surface area contributed by atoms with Gasteiger partial charge in [-0.25, -0.2) is 8.78 Å². The van der Waals surface area contributed by atoms with Crippen LogP contribution in [0.25, 0.3) is 0 Å². The Hall–Kier alpha value is -0.220. The first-order valence-electron chi connectivity index (χ1n) is 4.83. The highest BCUT2D eigenvalue weighted by molar-refractivity contribution is 4.75. The molecule has 2 nitrogen and oxygen atoms in total. The topological polar surface area (TPSA) is 29.3 Å². The van der Waals surface area contributed by atoms with Gasteiger partial charge in [-0.1, -0.05) is 0 Å². The Morgan fingerprint density at radius 3 is 2.38 bits per heavy atom. The number of nitrogens with zero attached hydrogens (tertiary/aromatic N) is 1. The van der Waals surface area contributed by atoms with E-state index in [0.29, 0.717) is 6.54 Å². The standard InChI is InChI=1S/C9H18F2N2/c1-9(10,11)4-7-13-5-2-8(12)3-6-13/h8H,2-7,12H2,1H3. The fourth-order valence-corrected chi connectivity index (χ4v) is 1.53. The van der Waals surface area contributed by atoms with Gasteiger partial charge in [-0.15, -0.1) is 0 Å². The van der Waals surface area contributed by atoms with Crippen LogP contribution in [0.15, 0.2) is 0 Å². The van der Waals surface area contributed by atoms with Crippen LogP contribution in [0.5, 0.6) is 0 Å². The number of rotatable bonds is 3. The number of halogens is 2. The van der Waals surface area contributed by atoms with E-state index < -0.39 is 5.92 Å². The van der Waals surface area contributed by atoms with Crippen LogP contribution >= 0.6 is 0 Å². The molecule has 1 aliphatic heterocycles. The Morgan fingerprint density at radius 2 is 1.92 bits per heavy atom. The van der Waals surface area contributed by atoms with Crippen LogP contribution < -0.4 is 5.73 Å². The van der Waals surface area contributed by atoms with Gasteiger partial charge < -0.3 is 10.6 Å². The summed E-state index contributed by atoms with van der Waals surface area (Å²) in [6.07, 6.45) is 1.84. The second kappa shape index (κ2) is 4.33. The first-order valence-corrected chi connectivity index (χ1v) is 4.83. The average Bonchev–Trinajstić information content (AvgIpc) is 2.02. The minimum atomic E-state index is -2.53. The Bertz CT molecular complexity index is 148. The second-order valence-corrected chi connectivity index (χ2v) is 4.00. The van der Waals surface area contributed by atoms with Crippen molar-refractivity contribution in [2.45, 2.75) is 38.2 Å². The van der Waals surface area contributed by atoms with Crippen molar-refractivity contribution in [3.05, 3.63) is 0 Å². The van der Waals surface area contributed by atoms with Gasteiger partial charge in [0.15, 0.2) is 0 Å². The van der Waals surface area contributed by atoms with E-state index in [2.05, 4.69) is 4.90 Å². The van der Waals surface area contributed by atoms with Crippen molar-refractivity contribution in [3.8, 4) is 0 Å². The lowest BCUT2D eigenvalue weighted by molar-refractivity contribution is 0.00132. The van der Waals surface area contributed by atoms with E-state index in [1.807, 2.05) is 0 Å². The van der Waals surface area contributed by atoms with Crippen LogP contribution in [0.4, 0.5) is 8.78 Å². The van der Waals surface area contributed by atoms with Crippen molar-refractivity contribution >= 4 is 0 Å². The van der Waals surface area contributed by atoms with Gasteiger partial charge in [-0.3, -0.25) is 0 Å². The molecule has 0 bridgehead atoms. The number of hydrogen-bond acceptors (Lipinski definition) is 2. The van der Waals surface area contributed by atoms with E-state index in [4.69, 9.17) is 5.73 Å². The van der Waals surface area contributed by atoms with Crippen molar-refractivity contribution in [1.29, 1.82) is 0 Å². The van der Waals surface area contributed by atoms with Crippen LogP contribution in [0, 0.1) is 0 Å². The molecule has 0 aromatic carbocycles. The first kappa shape index (κ1) is 10.9. The van der Waals surface area contributed by atoms with Crippen LogP contribution in [-0.2, 0) is 0 Å². The molecule has 0 atom stereocenters. The van der Waals surface area contributed by atoms with Gasteiger partial charge in [0.25, 0.3) is 0 Å². The Kier molecular flexibility index (Phi) is 3.62. The minimum absolute atomic E-state index is 0.0394. The van der Waals surface area contributed by atoms with Crippen molar-refractivity contribution in [1.82, 2.24) is 4.90 Å². The van der Waals surface area contributed by atoms with Gasteiger partial charge in [0.05, 0.1) is 0 Å². The zero-order chi connectivity index (χ0) is 9.90. The summed E-state index contributed by atoms with van der Waals surface area (Å²) in [5, 5.41) is 0. The highest BCUT2D eigenvalue weighted by atomic mass is 19.3. The van der Waals surface area contributed by atoms with Gasteiger partial charge in [-0.2, -0.15) is 0 Å². The summed E-state index contributed by atoms with van der Waals surface area (Å²) < 4.78 is 25.0. The molecule has 0 aliphatic carbocycles. The first-order chi connectivity index (χ1) is 5.97. The van der Waals surface area contributed by atoms with E-state index in [9.17, 15) is 8.78 Å². The summed E-state index contributed by atoms with van der Waals surface area (Å²) in [6, 6.07) is 0.276. The molecule has 0 saturated carbocycles. The van der Waals surface area contributed by atoms with E-state index >= 15 is 0 Å². The van der Waals surface area contributed by atoms with E-state index in [0.717, 1.165) is 32.9 Å². The fourth-order valence-electron chi connectivity index (χ4n) is 1.53. The summed E-state index contributed by atoms with van der Waals surface area (Å²) >= 11 is 0. The number of alkyl halides is 2. The molecular weight excluding hydrogens is 174 g/mol. The summed E-state index contributed by atoms with van der Waals surface area (Å²) in [5.41, 5.74) is 5.70. The van der Waals surface area contributed by atoms with Crippen LogP contribution in [-0.4, -0.2) is 36.5 Å². The molecule has 0 radical (unpaired) electrons. The maximum Gasteiger partial charge on any atom is 0.246 e. The summed E-state index contributed by atoms with van der Waals surface area (Å²) in [5.74, 6) is -2.53. The predicted molar refractivity (Wildman–Crippen MR) is 48.9 cm³/mol. The van der Waals surface area contributed by atoms with E-state index in [1.54, 1.807) is 0 Å². The second-order valence-electron chi connectivity index (χ2n) is 4.00. The van der Waals surface area contributed by atoms with Crippen LogP contribution in [0.1, 0.15) is 26.2 Å². The zero-order valence-corrected chi connectivity index (χ0v) is 8.10. The van der Waals surface area contributed by atoms with Crippen LogP contribution in [0.3, 0.4) is 0 Å². The van der Waals surface area contributed by atoms with Gasteiger partial charge in [0.1, 0.15) is 0 Å². The lowest BCUT2D eigenvalue weighted by Gasteiger charge is -2.30. The molecule has 0 spiro atoms. The lowest BCUT2D eigenvalue weighted by Crippen LogP contribution is -2.41. The van der Waals surface area contributed by atoms with Crippen molar-refractivity contribution in [2.75, 3.05) is 19.6 Å². The monoisotopic (exact) mass is 192 g/mol. The van der Waals surface area contributed by atoms with Crippen molar-refractivity contribution in [2.24, 2.45) is 5.73 Å². The molecule has 13 heavy (non-hydrogen) atoms. The average molecular weight is 192 g/mol. The van der Waals surface area contributed by atoms with E-state index in [-0.39, 0.29) is 12.5 Å². The highest BCUT2D eigenvalue weighted by Crippen LogP contribution is 2.18. The number of likely N-dealkylation sites (tertiary alicyclic amines) is 1. The lowest BCUT2D eigenvalue weighted by atomic mass is 10.1. The number of piperidine rings is 1. The summed E-state index contributed by atoms with van der Waals surface area (Å²) in [6.45, 7) is 3.22. The molecule has 1 heterocycles. The Morgan fingerprint density at radius 1 is 1.38 bits per heavy atom. The Labute approximate surface area is 78.1 Å². The molecule has 4 heteroatoms. The van der Waals surface area contributed by atoms with Crippen LogP contribution in [0.2, 0.25) is 0 Å². The van der Waals surface area contributed by atoms with E-state index in [1.165, 1.54) is 0 Å². The molecule has 1 fully saturated rings. The normalized spacial score (nSPS) is 22.2. The molecule has 78 valence electrons. The zero-order valence-electron chi connectivity index (χ0n) is 8.10. The molecule has 1 aliphatic rings. The fraction of sp³-hybridized carbons (Fsp3) is 1.00. The SMILES string of the molecule is CC(F)(F)CCN1CCC(N)CC1. The summed E-state index contributed by atoms with van der Waals surface area (Å²) in [4.78, 5) is 2.07. The maximum absolute atomic E-state index is 12.5. The van der Waals surface area contributed by atoms with Gasteiger partial charge in [-0.05, 0) is 32.9 Å². The van der Waals surface area contributed by atoms with Gasteiger partial charge in [0.2, 0.25) is 5.92 Å². The maximum atomic E-state index is 12.5. The molecule has 0 aromatic rings. The van der Waals surface area contributed by atoms with Crippen molar-refractivity contribution in [3.63, 3.8) is 0 Å². The molecule has 0 amide bonds. The molecule has 1 rings (SSSR count). The van der Waals surface area contributed by atoms with Crippen molar-refractivity contribution < 1.29 is 8.78 Å². The minimum Gasteiger partial charge on any atom is -0.328 e. The Balaban J connectivity index is 2.16. The van der Waals surface area contributed by atoms with Gasteiger partial charge >= 0.3 is 0 Å². The van der Waals surface area contributed by atoms with Gasteiger partial charge in [0, 0.05) is 19.0 Å². The largest absolute Gasteiger partial charge is 0.328 e. The third-order valence-electron chi connectivity index (χ3n) is 2.50. The third kappa shape index (κ3) is 4.52. The summed E-state index contributed by atoms with van der Waals surface area (Å²) in [7, 11) is 0. The molecule has 1 saturated heterocycles. The molecule has 0 unspecified atom stereocenters. The highest BCUT2D eigenvalue weighted by Gasteiger charge is 2.23.